The number of phenols is 2. The lowest BCUT2D eigenvalue weighted by atomic mass is 9.99. The maximum atomic E-state index is 10.8. The van der Waals surface area contributed by atoms with Gasteiger partial charge in [-0.05, 0) is 55.2 Å². The number of benzene rings is 2. The van der Waals surface area contributed by atoms with Crippen LogP contribution in [0.5, 0.6) is 17.2 Å². The van der Waals surface area contributed by atoms with E-state index in [1.54, 1.807) is 36.4 Å². The predicted molar refractivity (Wildman–Crippen MR) is 123 cm³/mol. The normalized spacial score (nSPS) is 34.9. The van der Waals surface area contributed by atoms with Gasteiger partial charge in [0.25, 0.3) is 0 Å². The van der Waals surface area contributed by atoms with Crippen molar-refractivity contribution in [3.8, 4) is 17.2 Å². The van der Waals surface area contributed by atoms with Crippen molar-refractivity contribution in [2.24, 2.45) is 0 Å². The highest BCUT2D eigenvalue weighted by atomic mass is 16.7. The zero-order valence-corrected chi connectivity index (χ0v) is 19.6. The lowest BCUT2D eigenvalue weighted by molar-refractivity contribution is -0.338. The molecular formula is C25H32O11. The second-order valence-corrected chi connectivity index (χ2v) is 9.16. The summed E-state index contributed by atoms with van der Waals surface area (Å²) < 4.78 is 22.2. The monoisotopic (exact) mass is 508 g/mol. The standard InChI is InChI=1S/C25H32O11/c1-12-19(29)20(30)21(31)25(34-12)36-23-18(28)11-33-24(22(23)32)35-17-9-14(8-16(27)10-17)3-2-13-4-6-15(26)7-5-13/h4-10,12,18-32H,2-3,11H2,1H3/t12-,18+,19-,20+,21+,22-,23-,24+,25+/m0/s1. The van der Waals surface area contributed by atoms with Crippen molar-refractivity contribution in [3.05, 3.63) is 53.6 Å². The number of rotatable bonds is 7. The minimum atomic E-state index is -1.61. The highest BCUT2D eigenvalue weighted by Gasteiger charge is 2.48. The van der Waals surface area contributed by atoms with Gasteiger partial charge in [0.05, 0.1) is 12.7 Å². The van der Waals surface area contributed by atoms with Gasteiger partial charge < -0.3 is 54.7 Å². The van der Waals surface area contributed by atoms with Gasteiger partial charge in [-0.15, -0.1) is 0 Å². The van der Waals surface area contributed by atoms with E-state index < -0.39 is 55.3 Å². The van der Waals surface area contributed by atoms with Gasteiger partial charge in [0.2, 0.25) is 6.29 Å². The molecule has 7 N–H and O–H groups in total. The van der Waals surface area contributed by atoms with E-state index in [4.69, 9.17) is 18.9 Å². The molecule has 0 aliphatic carbocycles. The van der Waals surface area contributed by atoms with Crippen LogP contribution in [-0.4, -0.2) is 97.7 Å². The van der Waals surface area contributed by atoms with Crippen molar-refractivity contribution in [2.75, 3.05) is 6.61 Å². The fourth-order valence-electron chi connectivity index (χ4n) is 4.27. The van der Waals surface area contributed by atoms with E-state index in [1.165, 1.54) is 13.0 Å². The molecule has 0 radical (unpaired) electrons. The average Bonchev–Trinajstić information content (AvgIpc) is 2.84. The average molecular weight is 509 g/mol. The fourth-order valence-corrected chi connectivity index (χ4v) is 4.27. The quantitative estimate of drug-likeness (QED) is 0.258. The Labute approximate surface area is 207 Å². The Morgan fingerprint density at radius 3 is 2.19 bits per heavy atom. The molecule has 2 aliphatic rings. The molecule has 0 spiro atoms. The van der Waals surface area contributed by atoms with Gasteiger partial charge in [0.1, 0.15) is 53.9 Å². The van der Waals surface area contributed by atoms with Crippen molar-refractivity contribution in [1.82, 2.24) is 0 Å². The Kier molecular flexibility index (Phi) is 8.33. The van der Waals surface area contributed by atoms with Crippen LogP contribution in [0, 0.1) is 0 Å². The van der Waals surface area contributed by atoms with Crippen LogP contribution in [0.15, 0.2) is 42.5 Å². The van der Waals surface area contributed by atoms with E-state index in [0.717, 1.165) is 11.1 Å². The van der Waals surface area contributed by atoms with E-state index in [1.807, 2.05) is 0 Å². The number of phenolic OH excluding ortho intramolecular Hbond substituents is 2. The maximum absolute atomic E-state index is 10.8. The Balaban J connectivity index is 1.41. The summed E-state index contributed by atoms with van der Waals surface area (Å²) in [5.41, 5.74) is 1.76. The number of ether oxygens (including phenoxy) is 4. The fraction of sp³-hybridized carbons (Fsp3) is 0.520. The third-order valence-electron chi connectivity index (χ3n) is 6.37. The second-order valence-electron chi connectivity index (χ2n) is 9.16. The minimum Gasteiger partial charge on any atom is -0.508 e. The summed E-state index contributed by atoms with van der Waals surface area (Å²) in [5, 5.41) is 70.8. The first-order valence-corrected chi connectivity index (χ1v) is 11.7. The summed E-state index contributed by atoms with van der Waals surface area (Å²) in [4.78, 5) is 0. The maximum Gasteiger partial charge on any atom is 0.228 e. The van der Waals surface area contributed by atoms with Crippen molar-refractivity contribution in [3.63, 3.8) is 0 Å². The molecule has 2 aromatic carbocycles. The molecule has 2 heterocycles. The van der Waals surface area contributed by atoms with Gasteiger partial charge in [-0.25, -0.2) is 0 Å². The smallest absolute Gasteiger partial charge is 0.228 e. The third kappa shape index (κ3) is 6.07. The largest absolute Gasteiger partial charge is 0.508 e. The highest BCUT2D eigenvalue weighted by Crippen LogP contribution is 2.30. The molecule has 2 aromatic rings. The van der Waals surface area contributed by atoms with E-state index in [-0.39, 0.29) is 23.9 Å². The molecular weight excluding hydrogens is 476 g/mol. The molecule has 2 aliphatic heterocycles. The zero-order valence-electron chi connectivity index (χ0n) is 19.6. The van der Waals surface area contributed by atoms with Crippen LogP contribution >= 0.6 is 0 Å². The van der Waals surface area contributed by atoms with Crippen LogP contribution in [0.1, 0.15) is 18.1 Å². The van der Waals surface area contributed by atoms with E-state index >= 15 is 0 Å². The molecule has 2 saturated heterocycles. The zero-order chi connectivity index (χ0) is 26.0. The topological polar surface area (TPSA) is 179 Å². The molecule has 0 saturated carbocycles. The van der Waals surface area contributed by atoms with E-state index in [0.29, 0.717) is 12.8 Å². The van der Waals surface area contributed by atoms with Crippen LogP contribution in [0.4, 0.5) is 0 Å². The number of aryl methyl sites for hydroxylation is 2. The van der Waals surface area contributed by atoms with E-state index in [2.05, 4.69) is 0 Å². The summed E-state index contributed by atoms with van der Waals surface area (Å²) >= 11 is 0. The molecule has 0 bridgehead atoms. The van der Waals surface area contributed by atoms with Crippen molar-refractivity contribution < 1.29 is 54.7 Å². The summed E-state index contributed by atoms with van der Waals surface area (Å²) in [6, 6.07) is 11.4. The van der Waals surface area contributed by atoms with Gasteiger partial charge in [0, 0.05) is 6.07 Å². The van der Waals surface area contributed by atoms with Crippen molar-refractivity contribution in [1.29, 1.82) is 0 Å². The summed E-state index contributed by atoms with van der Waals surface area (Å²) in [5.74, 6) is 0.348. The van der Waals surface area contributed by atoms with Crippen LogP contribution in [-0.2, 0) is 27.1 Å². The Bertz CT molecular complexity index is 1000. The predicted octanol–water partition coefficient (Wildman–Crippen LogP) is -0.447. The number of aliphatic hydroxyl groups is 5. The Morgan fingerprint density at radius 1 is 0.778 bits per heavy atom. The third-order valence-corrected chi connectivity index (χ3v) is 6.37. The first-order valence-electron chi connectivity index (χ1n) is 11.7. The number of aromatic hydroxyl groups is 2. The first kappa shape index (κ1) is 26.6. The van der Waals surface area contributed by atoms with Crippen LogP contribution in [0.25, 0.3) is 0 Å². The van der Waals surface area contributed by atoms with Gasteiger partial charge in [0.15, 0.2) is 6.29 Å². The van der Waals surface area contributed by atoms with Crippen molar-refractivity contribution in [2.45, 2.75) is 75.1 Å². The summed E-state index contributed by atoms with van der Waals surface area (Å²) in [7, 11) is 0. The molecule has 11 nitrogen and oxygen atoms in total. The lowest BCUT2D eigenvalue weighted by Gasteiger charge is -2.43. The second kappa shape index (κ2) is 11.3. The van der Waals surface area contributed by atoms with Crippen molar-refractivity contribution >= 4 is 0 Å². The highest BCUT2D eigenvalue weighted by molar-refractivity contribution is 5.38. The number of hydrogen-bond donors (Lipinski definition) is 7. The molecule has 11 heteroatoms. The Morgan fingerprint density at radius 2 is 1.47 bits per heavy atom. The molecule has 9 atom stereocenters. The number of aliphatic hydroxyl groups excluding tert-OH is 5. The molecule has 0 aromatic heterocycles. The number of hydrogen-bond acceptors (Lipinski definition) is 11. The molecule has 4 rings (SSSR count). The molecule has 198 valence electrons. The van der Waals surface area contributed by atoms with Gasteiger partial charge in [-0.1, -0.05) is 12.1 Å². The summed E-state index contributed by atoms with van der Waals surface area (Å²) in [6.45, 7) is 1.22. The molecule has 2 fully saturated rings. The molecule has 0 amide bonds. The van der Waals surface area contributed by atoms with Crippen LogP contribution in [0.2, 0.25) is 0 Å². The summed E-state index contributed by atoms with van der Waals surface area (Å²) in [6.07, 6.45) is -10.9. The van der Waals surface area contributed by atoms with Gasteiger partial charge in [-0.2, -0.15) is 0 Å². The minimum absolute atomic E-state index is 0.0494. The first-order chi connectivity index (χ1) is 17.1. The van der Waals surface area contributed by atoms with Crippen LogP contribution in [0.3, 0.4) is 0 Å². The van der Waals surface area contributed by atoms with Gasteiger partial charge >= 0.3 is 0 Å². The SMILES string of the molecule is C[C@@H]1O[C@H](O[C@@H]2[C@H](O)[C@@H](Oc3cc(O)cc(CCc4ccc(O)cc4)c3)OC[C@H]2O)[C@H](O)[C@H](O)[C@H]1O. The molecule has 0 unspecified atom stereocenters. The lowest BCUT2D eigenvalue weighted by Crippen LogP contribution is -2.62. The Hall–Kier alpha value is -2.48. The van der Waals surface area contributed by atoms with Crippen LogP contribution < -0.4 is 4.74 Å². The van der Waals surface area contributed by atoms with Gasteiger partial charge in [-0.3, -0.25) is 0 Å². The van der Waals surface area contributed by atoms with E-state index in [9.17, 15) is 35.7 Å². The molecule has 36 heavy (non-hydrogen) atoms.